The number of nitrogens with zero attached hydrogens (tertiary/aromatic N) is 1. The fourth-order valence-electron chi connectivity index (χ4n) is 4.49. The quantitative estimate of drug-likeness (QED) is 0.431. The molecule has 1 atom stereocenters. The molecule has 1 unspecified atom stereocenters. The van der Waals surface area contributed by atoms with Crippen LogP contribution in [0.5, 0.6) is 5.75 Å². The molecular formula is C29H30F2N2O3. The van der Waals surface area contributed by atoms with Crippen molar-refractivity contribution in [3.8, 4) is 5.75 Å². The lowest BCUT2D eigenvalue weighted by molar-refractivity contribution is -0.143. The van der Waals surface area contributed by atoms with Gasteiger partial charge in [-0.05, 0) is 48.7 Å². The van der Waals surface area contributed by atoms with Gasteiger partial charge in [0, 0.05) is 24.6 Å². The Kier molecular flexibility index (Phi) is 8.66. The largest absolute Gasteiger partial charge is 0.484 e. The van der Waals surface area contributed by atoms with E-state index in [4.69, 9.17) is 4.74 Å². The van der Waals surface area contributed by atoms with Gasteiger partial charge < -0.3 is 15.0 Å². The van der Waals surface area contributed by atoms with Crippen LogP contribution in [0, 0.1) is 11.6 Å². The number of carbonyl (C=O) groups is 2. The Balaban J connectivity index is 1.61. The molecule has 1 fully saturated rings. The van der Waals surface area contributed by atoms with Crippen molar-refractivity contribution >= 4 is 11.8 Å². The maximum absolute atomic E-state index is 14.6. The summed E-state index contributed by atoms with van der Waals surface area (Å²) in [7, 11) is 0. The van der Waals surface area contributed by atoms with Crippen molar-refractivity contribution in [1.82, 2.24) is 10.2 Å². The number of hydrogen-bond acceptors (Lipinski definition) is 3. The Hall–Kier alpha value is -3.74. The second-order valence-electron chi connectivity index (χ2n) is 9.05. The van der Waals surface area contributed by atoms with Crippen molar-refractivity contribution < 1.29 is 23.1 Å². The van der Waals surface area contributed by atoms with Gasteiger partial charge in [-0.1, -0.05) is 61.4 Å². The number of hydrogen-bond donors (Lipinski definition) is 1. The molecule has 36 heavy (non-hydrogen) atoms. The van der Waals surface area contributed by atoms with Gasteiger partial charge in [-0.3, -0.25) is 9.59 Å². The molecule has 1 N–H and O–H groups in total. The highest BCUT2D eigenvalue weighted by atomic mass is 19.1. The third-order valence-corrected chi connectivity index (χ3v) is 6.45. The average Bonchev–Trinajstić information content (AvgIpc) is 3.40. The minimum atomic E-state index is -0.864. The van der Waals surface area contributed by atoms with E-state index in [9.17, 15) is 18.4 Å². The van der Waals surface area contributed by atoms with E-state index in [0.717, 1.165) is 31.2 Å². The summed E-state index contributed by atoms with van der Waals surface area (Å²) in [6.45, 7) is -0.462. The predicted molar refractivity (Wildman–Crippen MR) is 133 cm³/mol. The van der Waals surface area contributed by atoms with Gasteiger partial charge >= 0.3 is 0 Å². The maximum atomic E-state index is 14.6. The molecular weight excluding hydrogens is 462 g/mol. The van der Waals surface area contributed by atoms with Crippen LogP contribution >= 0.6 is 0 Å². The first-order valence-corrected chi connectivity index (χ1v) is 12.2. The van der Waals surface area contributed by atoms with Gasteiger partial charge in [0.05, 0.1) is 0 Å². The Labute approximate surface area is 210 Å². The zero-order valence-electron chi connectivity index (χ0n) is 20.0. The topological polar surface area (TPSA) is 58.6 Å². The number of halogens is 2. The van der Waals surface area contributed by atoms with Crippen molar-refractivity contribution in [3.63, 3.8) is 0 Å². The second-order valence-corrected chi connectivity index (χ2v) is 9.05. The summed E-state index contributed by atoms with van der Waals surface area (Å²) in [5, 5.41) is 3.11. The zero-order valence-corrected chi connectivity index (χ0v) is 20.0. The van der Waals surface area contributed by atoms with E-state index in [1.165, 1.54) is 35.2 Å². The normalized spacial score (nSPS) is 14.3. The van der Waals surface area contributed by atoms with Crippen molar-refractivity contribution in [2.45, 2.75) is 50.7 Å². The second kappa shape index (κ2) is 12.3. The van der Waals surface area contributed by atoms with Crippen LogP contribution in [0.1, 0.15) is 36.8 Å². The first-order chi connectivity index (χ1) is 17.5. The van der Waals surface area contributed by atoms with Crippen molar-refractivity contribution in [2.75, 3.05) is 6.61 Å². The summed E-state index contributed by atoms with van der Waals surface area (Å²) in [5.74, 6) is -1.28. The van der Waals surface area contributed by atoms with Gasteiger partial charge in [0.15, 0.2) is 6.61 Å². The Bertz CT molecular complexity index is 1150. The van der Waals surface area contributed by atoms with E-state index in [1.807, 2.05) is 30.3 Å². The molecule has 3 aromatic rings. The molecule has 4 rings (SSSR count). The van der Waals surface area contributed by atoms with Crippen LogP contribution in [0.4, 0.5) is 8.78 Å². The van der Waals surface area contributed by atoms with Crippen LogP contribution in [0.25, 0.3) is 0 Å². The molecule has 1 saturated carbocycles. The zero-order chi connectivity index (χ0) is 25.3. The SMILES string of the molecule is O=C(NC1CCCC1)C(Cc1ccccc1)N(Cc1ccccc1F)C(=O)COc1ccc(F)cc1. The average molecular weight is 493 g/mol. The van der Waals surface area contributed by atoms with E-state index >= 15 is 0 Å². The summed E-state index contributed by atoms with van der Waals surface area (Å²) in [6, 6.07) is 20.2. The molecule has 188 valence electrons. The van der Waals surface area contributed by atoms with Crippen LogP contribution < -0.4 is 10.1 Å². The Morgan fingerprint density at radius 3 is 2.28 bits per heavy atom. The molecule has 7 heteroatoms. The molecule has 0 aromatic heterocycles. The molecule has 0 saturated heterocycles. The molecule has 5 nitrogen and oxygen atoms in total. The number of carbonyl (C=O) groups excluding carboxylic acids is 2. The maximum Gasteiger partial charge on any atom is 0.261 e. The molecule has 0 heterocycles. The van der Waals surface area contributed by atoms with Crippen LogP contribution in [-0.2, 0) is 22.6 Å². The van der Waals surface area contributed by atoms with Crippen molar-refractivity contribution in [3.05, 3.63) is 102 Å². The van der Waals surface area contributed by atoms with Crippen LogP contribution in [0.2, 0.25) is 0 Å². The highest BCUT2D eigenvalue weighted by molar-refractivity contribution is 5.88. The molecule has 3 aromatic carbocycles. The third-order valence-electron chi connectivity index (χ3n) is 6.45. The summed E-state index contributed by atoms with van der Waals surface area (Å²) in [5.41, 5.74) is 1.19. The monoisotopic (exact) mass is 492 g/mol. The number of nitrogens with one attached hydrogen (secondary N) is 1. The number of amides is 2. The van der Waals surface area contributed by atoms with Gasteiger partial charge in [0.2, 0.25) is 5.91 Å². The molecule has 0 spiro atoms. The van der Waals surface area contributed by atoms with E-state index in [1.54, 1.807) is 18.2 Å². The summed E-state index contributed by atoms with van der Waals surface area (Å²) in [6.07, 6.45) is 4.18. The molecule has 2 amide bonds. The highest BCUT2D eigenvalue weighted by Gasteiger charge is 2.32. The first-order valence-electron chi connectivity index (χ1n) is 12.2. The smallest absolute Gasteiger partial charge is 0.261 e. The van der Waals surface area contributed by atoms with Crippen LogP contribution in [0.3, 0.4) is 0 Å². The summed E-state index contributed by atoms with van der Waals surface area (Å²) in [4.78, 5) is 28.4. The number of ether oxygens (including phenoxy) is 1. The molecule has 1 aliphatic rings. The Morgan fingerprint density at radius 2 is 1.58 bits per heavy atom. The molecule has 1 aliphatic carbocycles. The third kappa shape index (κ3) is 6.90. The van der Waals surface area contributed by atoms with Crippen molar-refractivity contribution in [1.29, 1.82) is 0 Å². The van der Waals surface area contributed by atoms with Gasteiger partial charge in [0.25, 0.3) is 5.91 Å². The van der Waals surface area contributed by atoms with Gasteiger partial charge in [-0.25, -0.2) is 8.78 Å². The van der Waals surface area contributed by atoms with Crippen LogP contribution in [0.15, 0.2) is 78.9 Å². The predicted octanol–water partition coefficient (Wildman–Crippen LogP) is 5.04. The lowest BCUT2D eigenvalue weighted by Gasteiger charge is -2.32. The number of rotatable bonds is 10. The van der Waals surface area contributed by atoms with Crippen LogP contribution in [-0.4, -0.2) is 35.4 Å². The van der Waals surface area contributed by atoms with Gasteiger partial charge in [-0.2, -0.15) is 0 Å². The first kappa shape index (κ1) is 25.4. The minimum absolute atomic E-state index is 0.0663. The Morgan fingerprint density at radius 1 is 0.917 bits per heavy atom. The van der Waals surface area contributed by atoms with E-state index < -0.39 is 23.6 Å². The molecule has 0 aliphatic heterocycles. The summed E-state index contributed by atoms with van der Waals surface area (Å²) < 4.78 is 33.5. The number of benzene rings is 3. The summed E-state index contributed by atoms with van der Waals surface area (Å²) >= 11 is 0. The van der Waals surface area contributed by atoms with E-state index in [0.29, 0.717) is 11.3 Å². The van der Waals surface area contributed by atoms with E-state index in [2.05, 4.69) is 5.32 Å². The molecule has 0 bridgehead atoms. The fraction of sp³-hybridized carbons (Fsp3) is 0.310. The van der Waals surface area contributed by atoms with Gasteiger partial charge in [-0.15, -0.1) is 0 Å². The van der Waals surface area contributed by atoms with Crippen molar-refractivity contribution in [2.24, 2.45) is 0 Å². The van der Waals surface area contributed by atoms with E-state index in [-0.39, 0.29) is 31.5 Å². The fourth-order valence-corrected chi connectivity index (χ4v) is 4.49. The lowest BCUT2D eigenvalue weighted by atomic mass is 10.0. The van der Waals surface area contributed by atoms with Gasteiger partial charge in [0.1, 0.15) is 23.4 Å². The standard InChI is InChI=1S/C29H30F2N2O3/c30-23-14-16-25(17-15-23)36-20-28(34)33(19-22-10-4-7-13-26(22)31)27(18-21-8-2-1-3-9-21)29(35)32-24-11-5-6-12-24/h1-4,7-10,13-17,24,27H,5-6,11-12,18-20H2,(H,32,35). The highest BCUT2D eigenvalue weighted by Crippen LogP contribution is 2.21. The minimum Gasteiger partial charge on any atom is -0.484 e. The molecule has 0 radical (unpaired) electrons. The lowest BCUT2D eigenvalue weighted by Crippen LogP contribution is -2.53.